The minimum Gasteiger partial charge on any atom is -0.337 e. The maximum absolute atomic E-state index is 12.8. The molecule has 0 saturated heterocycles. The van der Waals surface area contributed by atoms with Gasteiger partial charge in [0.25, 0.3) is 0 Å². The van der Waals surface area contributed by atoms with Gasteiger partial charge in [0.15, 0.2) is 12.1 Å². The summed E-state index contributed by atoms with van der Waals surface area (Å²) in [6, 6.07) is 2.03. The molecular weight excluding hydrogens is 370 g/mol. The third kappa shape index (κ3) is 2.41. The van der Waals surface area contributed by atoms with Gasteiger partial charge in [0.1, 0.15) is 0 Å². The molecule has 0 amide bonds. The van der Waals surface area contributed by atoms with Crippen molar-refractivity contribution < 1.29 is 9.59 Å². The Morgan fingerprint density at radius 3 is 2.83 bits per heavy atom. The van der Waals surface area contributed by atoms with Gasteiger partial charge in [-0.2, -0.15) is 0 Å². The fourth-order valence-electron chi connectivity index (χ4n) is 3.49. The Kier molecular flexibility index (Phi) is 3.84. The van der Waals surface area contributed by atoms with Crippen LogP contribution in [0.4, 0.5) is 5.69 Å². The van der Waals surface area contributed by atoms with Crippen molar-refractivity contribution in [3.8, 4) is 0 Å². The molecule has 6 heteroatoms. The highest BCUT2D eigenvalue weighted by molar-refractivity contribution is 9.10. The Morgan fingerprint density at radius 1 is 1.17 bits per heavy atom. The number of halogens is 1. The van der Waals surface area contributed by atoms with Gasteiger partial charge in [-0.25, -0.2) is 0 Å². The summed E-state index contributed by atoms with van der Waals surface area (Å²) in [4.78, 5) is 30.1. The number of anilines is 1. The number of ketones is 1. The van der Waals surface area contributed by atoms with Crippen LogP contribution in [0.15, 0.2) is 29.1 Å². The van der Waals surface area contributed by atoms with Crippen LogP contribution >= 0.6 is 15.9 Å². The fourth-order valence-corrected chi connectivity index (χ4v) is 3.90. The largest absolute Gasteiger partial charge is 0.337 e. The number of aldehydes is 1. The molecule has 2 aromatic rings. The zero-order chi connectivity index (χ0) is 16.7. The number of pyridine rings is 1. The third-order valence-corrected chi connectivity index (χ3v) is 5.31. The van der Waals surface area contributed by atoms with Crippen LogP contribution in [0.1, 0.15) is 44.9 Å². The molecule has 0 N–H and O–H groups in total. The SMILES string of the molecule is O=Cc1c(Br)cncc1N1C=Cn2c(cc3c2CCCC3)C(=O)C1. The van der Waals surface area contributed by atoms with Gasteiger partial charge in [0.2, 0.25) is 0 Å². The Morgan fingerprint density at radius 2 is 2.00 bits per heavy atom. The first-order valence-electron chi connectivity index (χ1n) is 7.99. The summed E-state index contributed by atoms with van der Waals surface area (Å²) in [5.41, 5.74) is 4.39. The second-order valence-corrected chi connectivity index (χ2v) is 6.95. The number of Topliss-reactive ketones (excluding diaryl/α,β-unsaturated/α-hetero) is 1. The molecule has 1 aliphatic carbocycles. The number of fused-ring (bicyclic) bond motifs is 3. The molecule has 0 saturated carbocycles. The molecule has 2 aliphatic rings. The molecule has 5 nitrogen and oxygen atoms in total. The van der Waals surface area contributed by atoms with Gasteiger partial charge >= 0.3 is 0 Å². The zero-order valence-corrected chi connectivity index (χ0v) is 14.6. The summed E-state index contributed by atoms with van der Waals surface area (Å²) >= 11 is 3.34. The van der Waals surface area contributed by atoms with Crippen LogP contribution in [0.2, 0.25) is 0 Å². The number of rotatable bonds is 2. The summed E-state index contributed by atoms with van der Waals surface area (Å²) in [7, 11) is 0. The molecule has 3 heterocycles. The number of aromatic nitrogens is 2. The van der Waals surface area contributed by atoms with Gasteiger partial charge in [0.05, 0.1) is 29.7 Å². The van der Waals surface area contributed by atoms with E-state index < -0.39 is 0 Å². The number of nitrogens with zero attached hydrogens (tertiary/aromatic N) is 3. The van der Waals surface area contributed by atoms with E-state index in [1.54, 1.807) is 17.3 Å². The van der Waals surface area contributed by atoms with Crippen molar-refractivity contribution >= 4 is 39.9 Å². The van der Waals surface area contributed by atoms with Gasteiger partial charge in [0, 0.05) is 28.8 Å². The van der Waals surface area contributed by atoms with Gasteiger partial charge in [-0.05, 0) is 53.2 Å². The first-order valence-corrected chi connectivity index (χ1v) is 8.78. The first kappa shape index (κ1) is 15.3. The number of carbonyl (C=O) groups excluding carboxylic acids is 2. The molecule has 0 spiro atoms. The Hall–Kier alpha value is -2.21. The smallest absolute Gasteiger partial charge is 0.199 e. The molecule has 4 rings (SSSR count). The molecule has 2 aromatic heterocycles. The maximum atomic E-state index is 12.8. The lowest BCUT2D eigenvalue weighted by molar-refractivity contribution is 0.0995. The zero-order valence-electron chi connectivity index (χ0n) is 13.0. The summed E-state index contributed by atoms with van der Waals surface area (Å²) in [5, 5.41) is 0. The van der Waals surface area contributed by atoms with E-state index in [1.807, 2.05) is 23.0 Å². The summed E-state index contributed by atoms with van der Waals surface area (Å²) in [5.74, 6) is 0.0474. The van der Waals surface area contributed by atoms with E-state index in [0.29, 0.717) is 15.7 Å². The normalized spacial score (nSPS) is 16.5. The van der Waals surface area contributed by atoms with E-state index in [-0.39, 0.29) is 12.3 Å². The average Bonchev–Trinajstić information content (AvgIpc) is 2.89. The average molecular weight is 386 g/mol. The van der Waals surface area contributed by atoms with Crippen LogP contribution in [0.3, 0.4) is 0 Å². The van der Waals surface area contributed by atoms with E-state index in [0.717, 1.165) is 31.2 Å². The number of hydrogen-bond donors (Lipinski definition) is 0. The van der Waals surface area contributed by atoms with E-state index in [1.165, 1.54) is 17.7 Å². The number of aryl methyl sites for hydroxylation is 1. The van der Waals surface area contributed by atoms with Gasteiger partial charge in [-0.15, -0.1) is 0 Å². The van der Waals surface area contributed by atoms with Crippen molar-refractivity contribution in [3.63, 3.8) is 0 Å². The highest BCUT2D eigenvalue weighted by Crippen LogP contribution is 2.30. The lowest BCUT2D eigenvalue weighted by atomic mass is 9.98. The van der Waals surface area contributed by atoms with Crippen molar-refractivity contribution in [1.29, 1.82) is 0 Å². The molecular formula is C18H16BrN3O2. The minimum absolute atomic E-state index is 0.0474. The highest BCUT2D eigenvalue weighted by atomic mass is 79.9. The molecule has 0 radical (unpaired) electrons. The van der Waals surface area contributed by atoms with Gasteiger partial charge < -0.3 is 9.47 Å². The molecule has 24 heavy (non-hydrogen) atoms. The lowest BCUT2D eigenvalue weighted by Gasteiger charge is -2.19. The first-order chi connectivity index (χ1) is 11.7. The monoisotopic (exact) mass is 385 g/mol. The Bertz CT molecular complexity index is 869. The predicted octanol–water partition coefficient (Wildman–Crippen LogP) is 3.47. The molecule has 0 unspecified atom stereocenters. The molecule has 0 aromatic carbocycles. The quantitative estimate of drug-likeness (QED) is 0.742. The van der Waals surface area contributed by atoms with E-state index in [9.17, 15) is 9.59 Å². The van der Waals surface area contributed by atoms with Crippen LogP contribution in [-0.2, 0) is 12.8 Å². The maximum Gasteiger partial charge on any atom is 0.199 e. The van der Waals surface area contributed by atoms with Crippen LogP contribution in [0.5, 0.6) is 0 Å². The third-order valence-electron chi connectivity index (χ3n) is 4.68. The molecule has 0 atom stereocenters. The summed E-state index contributed by atoms with van der Waals surface area (Å²) in [6.45, 7) is 0.193. The minimum atomic E-state index is 0.0474. The lowest BCUT2D eigenvalue weighted by Crippen LogP contribution is -2.25. The molecule has 0 fully saturated rings. The van der Waals surface area contributed by atoms with Crippen molar-refractivity contribution in [2.24, 2.45) is 0 Å². The highest BCUT2D eigenvalue weighted by Gasteiger charge is 2.25. The predicted molar refractivity (Wildman–Crippen MR) is 95.4 cm³/mol. The molecule has 1 aliphatic heterocycles. The van der Waals surface area contributed by atoms with Crippen molar-refractivity contribution in [3.05, 3.63) is 51.6 Å². The molecule has 122 valence electrons. The van der Waals surface area contributed by atoms with Crippen LogP contribution < -0.4 is 4.90 Å². The van der Waals surface area contributed by atoms with Crippen molar-refractivity contribution in [2.45, 2.75) is 25.7 Å². The summed E-state index contributed by atoms with van der Waals surface area (Å²) < 4.78 is 2.64. The molecule has 0 bridgehead atoms. The number of hydrogen-bond acceptors (Lipinski definition) is 4. The van der Waals surface area contributed by atoms with Crippen molar-refractivity contribution in [2.75, 3.05) is 11.4 Å². The Labute approximate surface area is 148 Å². The van der Waals surface area contributed by atoms with Gasteiger partial charge in [-0.1, -0.05) is 0 Å². The Balaban J connectivity index is 1.78. The summed E-state index contributed by atoms with van der Waals surface area (Å²) in [6.07, 6.45) is 12.2. The van der Waals surface area contributed by atoms with Crippen LogP contribution in [0.25, 0.3) is 6.20 Å². The second-order valence-electron chi connectivity index (χ2n) is 6.10. The van der Waals surface area contributed by atoms with E-state index in [2.05, 4.69) is 20.9 Å². The second kappa shape index (κ2) is 6.02. The van der Waals surface area contributed by atoms with Crippen molar-refractivity contribution in [1.82, 2.24) is 9.55 Å². The van der Waals surface area contributed by atoms with Crippen LogP contribution in [0, 0.1) is 0 Å². The van der Waals surface area contributed by atoms with Crippen LogP contribution in [-0.4, -0.2) is 28.2 Å². The van der Waals surface area contributed by atoms with E-state index in [4.69, 9.17) is 0 Å². The topological polar surface area (TPSA) is 55.2 Å². The van der Waals surface area contributed by atoms with E-state index >= 15 is 0 Å². The standard InChI is InChI=1S/C18H16BrN3O2/c19-14-8-20-9-17(13(14)11-23)21-5-6-22-15-4-2-1-3-12(15)7-16(22)18(24)10-21/h5-9,11H,1-4,10H2. The number of carbonyl (C=O) groups is 2. The fraction of sp³-hybridized carbons (Fsp3) is 0.278. The van der Waals surface area contributed by atoms with Gasteiger partial charge in [-0.3, -0.25) is 14.6 Å².